The van der Waals surface area contributed by atoms with Crippen molar-refractivity contribution in [3.63, 3.8) is 0 Å². The molecular formula is C66H106O23. The molecule has 7 fully saturated rings. The molecule has 0 aromatic heterocycles. The van der Waals surface area contributed by atoms with Crippen LogP contribution in [0.4, 0.5) is 0 Å². The molecule has 27 atom stereocenters. The average molecular weight is 1270 g/mol. The fourth-order valence-corrected chi connectivity index (χ4v) is 17.4. The number of ether oxygens (including phenoxy) is 9. The van der Waals surface area contributed by atoms with Crippen molar-refractivity contribution in [2.45, 2.75) is 277 Å². The topological polar surface area (TPSA) is 357 Å². The molecule has 0 unspecified atom stereocenters. The van der Waals surface area contributed by atoms with Crippen LogP contribution >= 0.6 is 0 Å². The summed E-state index contributed by atoms with van der Waals surface area (Å²) in [5.41, 5.74) is -2.87. The number of hydrogen-bond donors (Lipinski definition) is 11. The first-order valence-electron chi connectivity index (χ1n) is 32.5. The Morgan fingerprint density at radius 2 is 1.33 bits per heavy atom. The van der Waals surface area contributed by atoms with Gasteiger partial charge in [-0.3, -0.25) is 4.79 Å². The smallest absolute Gasteiger partial charge is 0.338 e. The lowest BCUT2D eigenvalue weighted by Gasteiger charge is -2.73. The second-order valence-electron chi connectivity index (χ2n) is 29.4. The molecule has 0 amide bonds. The van der Waals surface area contributed by atoms with Crippen LogP contribution in [0.2, 0.25) is 0 Å². The number of aliphatic hydroxyl groups is 11. The molecule has 0 radical (unpaired) electrons. The summed E-state index contributed by atoms with van der Waals surface area (Å²) >= 11 is 0. The molecule has 0 aromatic rings. The maximum Gasteiger partial charge on any atom is 0.338 e. The van der Waals surface area contributed by atoms with E-state index in [0.717, 1.165) is 23.1 Å². The summed E-state index contributed by atoms with van der Waals surface area (Å²) in [4.78, 5) is 42.3. The molecule has 3 aliphatic heterocycles. The van der Waals surface area contributed by atoms with Crippen molar-refractivity contribution in [3.8, 4) is 0 Å². The highest BCUT2D eigenvalue weighted by Gasteiger charge is 2.76. The number of carbonyl (C=O) groups is 3. The zero-order valence-electron chi connectivity index (χ0n) is 54.4. The van der Waals surface area contributed by atoms with Crippen molar-refractivity contribution in [1.29, 1.82) is 0 Å². The van der Waals surface area contributed by atoms with Crippen LogP contribution in [0, 0.1) is 56.2 Å². The molecular weight excluding hydrogens is 1160 g/mol. The Kier molecular flexibility index (Phi) is 22.4. The number of fused-ring (bicyclic) bond motifs is 7. The SMILES string of the molecule is CCCCOC(=O)[C@H]1O[C@@H](O[C@H]2CC[C@]3(C)[C@H]4CC=C5[C@@H]6CC(C)(C)[C@@H](OC(=O)/C=C(\C)CCC=C(C)C)[C@H](OC(=O)[C@H](C)CC)[C@]6(CO)[C@H](O)[C@H](O)[C@@]5(C)[C@]4(C)CC[C@H]3C2(C)C)[C@H](O[C@@H]2O[C@H](CO)[C@@H](O)[C@H](O)[C@H]2O)[C@@H](O)[C@@H]1O[C@@H]1O[C@@H](CO)[C@H](O)[C@H]1O. The van der Waals surface area contributed by atoms with Crippen LogP contribution in [-0.2, 0) is 57.0 Å². The predicted octanol–water partition coefficient (Wildman–Crippen LogP) is 3.33. The van der Waals surface area contributed by atoms with Crippen molar-refractivity contribution in [2.24, 2.45) is 56.2 Å². The van der Waals surface area contributed by atoms with Crippen molar-refractivity contribution >= 4 is 17.9 Å². The first-order chi connectivity index (χ1) is 41.7. The molecule has 89 heavy (non-hydrogen) atoms. The summed E-state index contributed by atoms with van der Waals surface area (Å²) in [5.74, 6) is -3.69. The summed E-state index contributed by atoms with van der Waals surface area (Å²) in [6.45, 7) is 23.5. The molecule has 5 aliphatic carbocycles. The summed E-state index contributed by atoms with van der Waals surface area (Å²) < 4.78 is 55.8. The van der Waals surface area contributed by atoms with Crippen molar-refractivity contribution in [1.82, 2.24) is 0 Å². The molecule has 0 spiro atoms. The molecule has 23 heteroatoms. The van der Waals surface area contributed by atoms with Gasteiger partial charge in [0.1, 0.15) is 67.1 Å². The Balaban J connectivity index is 1.13. The third-order valence-corrected chi connectivity index (χ3v) is 23.1. The number of rotatable bonds is 21. The molecule has 0 bridgehead atoms. The Hall–Kier alpha value is -3.05. The number of aliphatic hydroxyl groups excluding tert-OH is 11. The largest absolute Gasteiger partial charge is 0.464 e. The minimum absolute atomic E-state index is 0.0493. The lowest BCUT2D eigenvalue weighted by atomic mass is 9.32. The van der Waals surface area contributed by atoms with Gasteiger partial charge in [0.25, 0.3) is 0 Å². The summed E-state index contributed by atoms with van der Waals surface area (Å²) in [6, 6.07) is 0. The highest BCUT2D eigenvalue weighted by molar-refractivity contribution is 5.83. The number of carbonyl (C=O) groups excluding carboxylic acids is 3. The summed E-state index contributed by atoms with van der Waals surface area (Å²) in [7, 11) is 0. The van der Waals surface area contributed by atoms with Gasteiger partial charge in [-0.25, -0.2) is 9.59 Å². The van der Waals surface area contributed by atoms with E-state index in [4.69, 9.17) is 42.6 Å². The Labute approximate surface area is 524 Å². The van der Waals surface area contributed by atoms with Gasteiger partial charge in [-0.15, -0.1) is 0 Å². The molecule has 23 nitrogen and oxygen atoms in total. The zero-order valence-corrected chi connectivity index (χ0v) is 54.4. The van der Waals surface area contributed by atoms with Gasteiger partial charge >= 0.3 is 17.9 Å². The van der Waals surface area contributed by atoms with E-state index >= 15 is 0 Å². The molecule has 3 heterocycles. The standard InChI is InChI=1S/C66H106O23/c1-14-16-26-81-57(80)51-49(86-58-46(74)44(72)38(30-68)83-58)48(76)50(87-59-47(75)45(73)43(71)37(29-67)82-59)60(88-51)84-41-23-24-63(11)39(62(41,9)10)22-25-64(12)40(63)21-20-35-36-28-61(7,8)54(85-42(70)27-33(5)19-17-18-32(3)4)55(89-56(79)34(6)15-2)66(36,31-69)53(78)52(77)65(35,64)13/h18,20,27,34,36-41,43-55,58-60,67-69,71-78H,14-17,19,21-26,28-31H2,1-13H3/b33-27+/t34-,36+,37-,38+,39+,40-,41+,43-,44+,45+,46-,47-,48+,49+,50-,51+,52+,53-,54+,55+,58+,59+,60-,63+,64-,65+,66+/m1/s1. The van der Waals surface area contributed by atoms with E-state index in [0.29, 0.717) is 64.2 Å². The van der Waals surface area contributed by atoms with Crippen molar-refractivity contribution in [2.75, 3.05) is 26.4 Å². The Morgan fingerprint density at radius 1 is 0.708 bits per heavy atom. The van der Waals surface area contributed by atoms with Gasteiger partial charge < -0.3 is 98.8 Å². The monoisotopic (exact) mass is 1270 g/mol. The first kappa shape index (κ1) is 71.8. The Morgan fingerprint density at radius 3 is 1.92 bits per heavy atom. The number of hydrogen-bond acceptors (Lipinski definition) is 23. The summed E-state index contributed by atoms with van der Waals surface area (Å²) in [5, 5.41) is 125. The molecule has 11 N–H and O–H groups in total. The van der Waals surface area contributed by atoms with Crippen LogP contribution in [0.3, 0.4) is 0 Å². The first-order valence-corrected chi connectivity index (χ1v) is 32.5. The average Bonchev–Trinajstić information content (AvgIpc) is 0.901. The van der Waals surface area contributed by atoms with Gasteiger partial charge in [0.15, 0.2) is 31.1 Å². The maximum atomic E-state index is 14.2. The van der Waals surface area contributed by atoms with E-state index in [1.54, 1.807) is 6.92 Å². The quantitative estimate of drug-likeness (QED) is 0.0196. The molecule has 3 saturated heterocycles. The van der Waals surface area contributed by atoms with Gasteiger partial charge in [-0.2, -0.15) is 0 Å². The number of esters is 3. The van der Waals surface area contributed by atoms with E-state index < -0.39 is 199 Å². The molecule has 4 saturated carbocycles. The van der Waals surface area contributed by atoms with Gasteiger partial charge in [0.2, 0.25) is 0 Å². The van der Waals surface area contributed by atoms with E-state index in [-0.39, 0.29) is 18.4 Å². The van der Waals surface area contributed by atoms with E-state index in [2.05, 4.69) is 39.8 Å². The lowest BCUT2D eigenvalue weighted by Crippen LogP contribution is -2.76. The van der Waals surface area contributed by atoms with Crippen molar-refractivity contribution < 1.29 is 113 Å². The highest BCUT2D eigenvalue weighted by atomic mass is 16.8. The fraction of sp³-hybridized carbons (Fsp3) is 0.864. The van der Waals surface area contributed by atoms with Crippen LogP contribution in [0.1, 0.15) is 161 Å². The number of allylic oxidation sites excluding steroid dienone is 4. The van der Waals surface area contributed by atoms with Crippen LogP contribution in [0.5, 0.6) is 0 Å². The third-order valence-electron chi connectivity index (χ3n) is 23.1. The normalized spacial score (nSPS) is 45.3. The third kappa shape index (κ3) is 12.8. The fourth-order valence-electron chi connectivity index (χ4n) is 17.4. The zero-order chi connectivity index (χ0) is 65.8. The van der Waals surface area contributed by atoms with Gasteiger partial charge in [0.05, 0.1) is 56.1 Å². The van der Waals surface area contributed by atoms with E-state index in [1.807, 2.05) is 55.4 Å². The molecule has 8 rings (SSSR count). The van der Waals surface area contributed by atoms with Crippen molar-refractivity contribution in [3.05, 3.63) is 34.9 Å². The molecule has 508 valence electrons. The van der Waals surface area contributed by atoms with Gasteiger partial charge in [-0.05, 0) is 119 Å². The van der Waals surface area contributed by atoms with Crippen LogP contribution in [-0.4, -0.2) is 217 Å². The second kappa shape index (κ2) is 27.7. The predicted molar refractivity (Wildman–Crippen MR) is 318 cm³/mol. The van der Waals surface area contributed by atoms with E-state index in [9.17, 15) is 70.6 Å². The Bertz CT molecular complexity index is 2570. The molecule has 8 aliphatic rings. The highest BCUT2D eigenvalue weighted by Crippen LogP contribution is 2.76. The van der Waals surface area contributed by atoms with E-state index in [1.165, 1.54) is 6.08 Å². The lowest BCUT2D eigenvalue weighted by molar-refractivity contribution is -0.383. The minimum Gasteiger partial charge on any atom is -0.464 e. The maximum absolute atomic E-state index is 14.2. The minimum atomic E-state index is -1.99. The van der Waals surface area contributed by atoms with Gasteiger partial charge in [0, 0.05) is 16.9 Å². The summed E-state index contributed by atoms with van der Waals surface area (Å²) in [6.07, 6.45) is -19.4. The van der Waals surface area contributed by atoms with Crippen LogP contribution < -0.4 is 0 Å². The van der Waals surface area contributed by atoms with Crippen LogP contribution in [0.15, 0.2) is 34.9 Å². The van der Waals surface area contributed by atoms with Crippen LogP contribution in [0.25, 0.3) is 0 Å². The van der Waals surface area contributed by atoms with Gasteiger partial charge in [-0.1, -0.05) is 105 Å². The number of unbranched alkanes of at least 4 members (excludes halogenated alkanes) is 1. The molecule has 0 aromatic carbocycles. The second-order valence-corrected chi connectivity index (χ2v) is 29.4.